The summed E-state index contributed by atoms with van der Waals surface area (Å²) >= 11 is 0. The average molecular weight is 174 g/mol. The van der Waals surface area contributed by atoms with Crippen molar-refractivity contribution in [3.8, 4) is 0 Å². The fourth-order valence-electron chi connectivity index (χ4n) is 0.939. The molecule has 0 aliphatic heterocycles. The average Bonchev–Trinajstić information content (AvgIpc) is 2.10. The van der Waals surface area contributed by atoms with Gasteiger partial charge in [-0.05, 0) is 12.8 Å². The molecule has 0 rings (SSSR count). The summed E-state index contributed by atoms with van der Waals surface area (Å²) in [4.78, 5) is 14.5. The molecule has 0 aromatic rings. The predicted molar refractivity (Wildman–Crippen MR) is 47.5 cm³/mol. The first-order valence-corrected chi connectivity index (χ1v) is 4.34. The lowest BCUT2D eigenvalue weighted by Gasteiger charge is -2.01. The van der Waals surface area contributed by atoms with Crippen molar-refractivity contribution in [2.75, 3.05) is 20.2 Å². The third kappa shape index (κ3) is 9.39. The molecule has 0 saturated heterocycles. The predicted octanol–water partition coefficient (Wildman–Crippen LogP) is 0.444. The summed E-state index contributed by atoms with van der Waals surface area (Å²) in [5, 5.41) is 2.63. The maximum Gasteiger partial charge on any atom is 0.207 e. The molecule has 0 unspecified atom stereocenters. The van der Waals surface area contributed by atoms with Crippen LogP contribution in [0.2, 0.25) is 0 Å². The normalized spacial score (nSPS) is 9.75. The van der Waals surface area contributed by atoms with Crippen LogP contribution in [0.4, 0.5) is 0 Å². The molecule has 0 fully saturated rings. The van der Waals surface area contributed by atoms with Crippen molar-refractivity contribution < 1.29 is 9.63 Å². The number of unbranched alkanes of at least 4 members (excludes halogenated alkanes) is 3. The van der Waals surface area contributed by atoms with Gasteiger partial charge < -0.3 is 10.2 Å². The van der Waals surface area contributed by atoms with Gasteiger partial charge in [0, 0.05) is 13.1 Å². The van der Waals surface area contributed by atoms with Gasteiger partial charge in [-0.25, -0.2) is 5.48 Å². The van der Waals surface area contributed by atoms with Crippen molar-refractivity contribution >= 4 is 6.41 Å². The molecule has 1 amide bonds. The third-order valence-corrected chi connectivity index (χ3v) is 1.58. The second kappa shape index (κ2) is 10.4. The summed E-state index contributed by atoms with van der Waals surface area (Å²) in [7, 11) is 1.62. The molecule has 0 aromatic carbocycles. The van der Waals surface area contributed by atoms with Gasteiger partial charge >= 0.3 is 0 Å². The van der Waals surface area contributed by atoms with Gasteiger partial charge in [0.1, 0.15) is 0 Å². The molecule has 0 atom stereocenters. The molecule has 72 valence electrons. The van der Waals surface area contributed by atoms with E-state index < -0.39 is 0 Å². The van der Waals surface area contributed by atoms with Gasteiger partial charge in [-0.15, -0.1) is 0 Å². The highest BCUT2D eigenvalue weighted by Gasteiger charge is 1.88. The Labute approximate surface area is 73.6 Å². The highest BCUT2D eigenvalue weighted by atomic mass is 16.6. The largest absolute Gasteiger partial charge is 0.359 e. The van der Waals surface area contributed by atoms with E-state index >= 15 is 0 Å². The molecule has 0 aromatic heterocycles. The standard InChI is InChI=1S/C8H18N2O2/c1-12-10-7-5-3-2-4-6-9-8-11/h8,10H,2-7H2,1H3,(H,9,11). The molecule has 0 aliphatic carbocycles. The zero-order valence-corrected chi connectivity index (χ0v) is 7.64. The number of amides is 1. The molecule has 0 radical (unpaired) electrons. The molecular weight excluding hydrogens is 156 g/mol. The van der Waals surface area contributed by atoms with Crippen LogP contribution in [-0.4, -0.2) is 26.6 Å². The van der Waals surface area contributed by atoms with E-state index in [1.165, 1.54) is 6.42 Å². The minimum Gasteiger partial charge on any atom is -0.359 e. The number of hydroxylamine groups is 1. The first-order chi connectivity index (χ1) is 5.91. The van der Waals surface area contributed by atoms with E-state index in [0.717, 1.165) is 38.8 Å². The Morgan fingerprint density at radius 1 is 1.17 bits per heavy atom. The number of hydrogen-bond acceptors (Lipinski definition) is 3. The number of rotatable bonds is 9. The summed E-state index contributed by atoms with van der Waals surface area (Å²) in [6.07, 6.45) is 5.26. The maximum absolute atomic E-state index is 9.84. The van der Waals surface area contributed by atoms with Crippen molar-refractivity contribution in [3.05, 3.63) is 0 Å². The van der Waals surface area contributed by atoms with Crippen LogP contribution in [0.25, 0.3) is 0 Å². The van der Waals surface area contributed by atoms with Gasteiger partial charge in [-0.2, -0.15) is 0 Å². The monoisotopic (exact) mass is 174 g/mol. The van der Waals surface area contributed by atoms with Gasteiger partial charge in [-0.3, -0.25) is 4.79 Å². The maximum atomic E-state index is 9.84. The molecule has 0 heterocycles. The Bertz CT molecular complexity index is 99.1. The zero-order chi connectivity index (χ0) is 9.07. The van der Waals surface area contributed by atoms with Crippen LogP contribution in [-0.2, 0) is 9.63 Å². The van der Waals surface area contributed by atoms with Crippen LogP contribution in [0.3, 0.4) is 0 Å². The van der Waals surface area contributed by atoms with E-state index in [-0.39, 0.29) is 0 Å². The van der Waals surface area contributed by atoms with Gasteiger partial charge in [0.25, 0.3) is 0 Å². The minimum atomic E-state index is 0.743. The first-order valence-electron chi connectivity index (χ1n) is 4.34. The second-order valence-electron chi connectivity index (χ2n) is 2.58. The van der Waals surface area contributed by atoms with Crippen LogP contribution in [0.15, 0.2) is 0 Å². The lowest BCUT2D eigenvalue weighted by atomic mass is 10.2. The van der Waals surface area contributed by atoms with Crippen molar-refractivity contribution in [1.29, 1.82) is 0 Å². The Balaban J connectivity index is 2.77. The summed E-state index contributed by atoms with van der Waals surface area (Å²) in [5.74, 6) is 0. The zero-order valence-electron chi connectivity index (χ0n) is 7.64. The highest BCUT2D eigenvalue weighted by Crippen LogP contribution is 1.97. The van der Waals surface area contributed by atoms with Crippen LogP contribution in [0.1, 0.15) is 25.7 Å². The fraction of sp³-hybridized carbons (Fsp3) is 0.875. The van der Waals surface area contributed by atoms with E-state index in [4.69, 9.17) is 0 Å². The number of nitrogens with one attached hydrogen (secondary N) is 2. The highest BCUT2D eigenvalue weighted by molar-refractivity contribution is 5.45. The van der Waals surface area contributed by atoms with Crippen LogP contribution >= 0.6 is 0 Å². The van der Waals surface area contributed by atoms with Crippen molar-refractivity contribution in [2.45, 2.75) is 25.7 Å². The second-order valence-corrected chi connectivity index (χ2v) is 2.58. The van der Waals surface area contributed by atoms with E-state index in [1.54, 1.807) is 7.11 Å². The van der Waals surface area contributed by atoms with Crippen molar-refractivity contribution in [3.63, 3.8) is 0 Å². The molecule has 2 N–H and O–H groups in total. The first kappa shape index (κ1) is 11.4. The van der Waals surface area contributed by atoms with Crippen LogP contribution < -0.4 is 10.8 Å². The molecular formula is C8H18N2O2. The van der Waals surface area contributed by atoms with Crippen molar-refractivity contribution in [1.82, 2.24) is 10.8 Å². The molecule has 0 bridgehead atoms. The minimum absolute atomic E-state index is 0.743. The molecule has 0 aliphatic rings. The molecule has 4 heteroatoms. The fourth-order valence-corrected chi connectivity index (χ4v) is 0.939. The lowest BCUT2D eigenvalue weighted by molar-refractivity contribution is -0.109. The van der Waals surface area contributed by atoms with Gasteiger partial charge in [-0.1, -0.05) is 12.8 Å². The quantitative estimate of drug-likeness (QED) is 0.303. The van der Waals surface area contributed by atoms with Crippen molar-refractivity contribution in [2.24, 2.45) is 0 Å². The van der Waals surface area contributed by atoms with Gasteiger partial charge in [0.15, 0.2) is 0 Å². The number of carbonyl (C=O) groups is 1. The molecule has 4 nitrogen and oxygen atoms in total. The van der Waals surface area contributed by atoms with E-state index in [0.29, 0.717) is 0 Å². The summed E-state index contributed by atoms with van der Waals surface area (Å²) < 4.78 is 0. The smallest absolute Gasteiger partial charge is 0.207 e. The topological polar surface area (TPSA) is 50.4 Å². The Kier molecular flexibility index (Phi) is 9.86. The van der Waals surface area contributed by atoms with E-state index in [1.807, 2.05) is 0 Å². The summed E-state index contributed by atoms with van der Waals surface area (Å²) in [6, 6.07) is 0. The van der Waals surface area contributed by atoms with Gasteiger partial charge in [0.2, 0.25) is 6.41 Å². The number of hydrogen-bond donors (Lipinski definition) is 2. The Morgan fingerprint density at radius 3 is 2.42 bits per heavy atom. The third-order valence-electron chi connectivity index (χ3n) is 1.58. The summed E-state index contributed by atoms with van der Waals surface area (Å²) in [6.45, 7) is 1.69. The van der Waals surface area contributed by atoms with E-state index in [2.05, 4.69) is 15.6 Å². The van der Waals surface area contributed by atoms with Crippen LogP contribution in [0.5, 0.6) is 0 Å². The SMILES string of the molecule is CONCCCCCCNC=O. The number of carbonyl (C=O) groups excluding carboxylic acids is 1. The van der Waals surface area contributed by atoms with Gasteiger partial charge in [0.05, 0.1) is 7.11 Å². The molecule has 0 saturated carbocycles. The lowest BCUT2D eigenvalue weighted by Crippen LogP contribution is -2.13. The molecule has 12 heavy (non-hydrogen) atoms. The van der Waals surface area contributed by atoms with Crippen LogP contribution in [0, 0.1) is 0 Å². The Morgan fingerprint density at radius 2 is 1.83 bits per heavy atom. The van der Waals surface area contributed by atoms with E-state index in [9.17, 15) is 4.79 Å². The molecule has 0 spiro atoms. The summed E-state index contributed by atoms with van der Waals surface area (Å²) in [5.41, 5.74) is 2.78. The Hall–Kier alpha value is -0.610.